The van der Waals surface area contributed by atoms with Crippen LogP contribution in [0.3, 0.4) is 0 Å². The third-order valence-corrected chi connectivity index (χ3v) is 4.17. The van der Waals surface area contributed by atoms with E-state index >= 15 is 0 Å². The lowest BCUT2D eigenvalue weighted by molar-refractivity contribution is 0.0512. The van der Waals surface area contributed by atoms with Crippen LogP contribution in [0.25, 0.3) is 0 Å². The van der Waals surface area contributed by atoms with E-state index in [1.165, 1.54) is 14.2 Å². The molecule has 2 aromatic carbocycles. The molecule has 2 aromatic rings. The van der Waals surface area contributed by atoms with Crippen molar-refractivity contribution in [3.63, 3.8) is 0 Å². The molecule has 0 radical (unpaired) electrons. The maximum absolute atomic E-state index is 12.4. The highest BCUT2D eigenvalue weighted by molar-refractivity contribution is 6.04. The molecule has 0 aromatic heterocycles. The summed E-state index contributed by atoms with van der Waals surface area (Å²) in [5.41, 5.74) is 1.72. The molecule has 142 valence electrons. The van der Waals surface area contributed by atoms with Crippen LogP contribution in [-0.2, 0) is 4.84 Å². The van der Waals surface area contributed by atoms with Gasteiger partial charge in [-0.2, -0.15) is 0 Å². The van der Waals surface area contributed by atoms with E-state index in [0.29, 0.717) is 40.7 Å². The molecule has 0 amide bonds. The second-order valence-corrected chi connectivity index (χ2v) is 5.98. The number of benzene rings is 2. The number of carbonyl (C=O) groups excluding carboxylic acids is 1. The highest BCUT2D eigenvalue weighted by atomic mass is 16.7. The van der Waals surface area contributed by atoms with Gasteiger partial charge in [0.25, 0.3) is 0 Å². The van der Waals surface area contributed by atoms with Crippen LogP contribution in [-0.4, -0.2) is 39.1 Å². The number of fused-ring (bicyclic) bond motifs is 1. The van der Waals surface area contributed by atoms with Crippen molar-refractivity contribution in [1.29, 1.82) is 0 Å². The fraction of sp³-hybridized carbons (Fsp3) is 0.300. The molecule has 1 atom stereocenters. The predicted octanol–water partition coefficient (Wildman–Crippen LogP) is 3.44. The van der Waals surface area contributed by atoms with Gasteiger partial charge in [-0.05, 0) is 37.3 Å². The summed E-state index contributed by atoms with van der Waals surface area (Å²) >= 11 is 0. The Bertz CT molecular complexity index is 877. The second kappa shape index (κ2) is 7.99. The molecule has 1 heterocycles. The minimum absolute atomic E-state index is 0.0943. The molecule has 1 unspecified atom stereocenters. The van der Waals surface area contributed by atoms with Gasteiger partial charge in [0, 0.05) is 18.1 Å². The molecule has 1 aliphatic rings. The largest absolute Gasteiger partial charge is 0.497 e. The van der Waals surface area contributed by atoms with E-state index in [-0.39, 0.29) is 6.10 Å². The zero-order valence-electron chi connectivity index (χ0n) is 15.6. The van der Waals surface area contributed by atoms with E-state index in [4.69, 9.17) is 23.8 Å². The van der Waals surface area contributed by atoms with Crippen LogP contribution in [0.15, 0.2) is 41.6 Å². The normalized spacial score (nSPS) is 16.9. The Labute approximate surface area is 157 Å². The molecule has 0 spiro atoms. The summed E-state index contributed by atoms with van der Waals surface area (Å²) in [6.07, 6.45) is 0.432. The third kappa shape index (κ3) is 3.97. The predicted molar refractivity (Wildman–Crippen MR) is 99.2 cm³/mol. The number of carbonyl (C=O) groups is 1. The van der Waals surface area contributed by atoms with E-state index in [0.717, 1.165) is 5.56 Å². The van der Waals surface area contributed by atoms with Crippen LogP contribution in [0.1, 0.15) is 29.3 Å². The summed E-state index contributed by atoms with van der Waals surface area (Å²) in [6, 6.07) is 10.2. The van der Waals surface area contributed by atoms with Gasteiger partial charge in [0.2, 0.25) is 0 Å². The van der Waals surface area contributed by atoms with Crippen molar-refractivity contribution in [2.75, 3.05) is 21.3 Å². The molecule has 27 heavy (non-hydrogen) atoms. The Balaban J connectivity index is 1.83. The molecular formula is C20H21NO6. The molecular weight excluding hydrogens is 350 g/mol. The summed E-state index contributed by atoms with van der Waals surface area (Å²) in [6.45, 7) is 1.92. The minimum Gasteiger partial charge on any atom is -0.497 e. The van der Waals surface area contributed by atoms with Crippen molar-refractivity contribution >= 4 is 11.7 Å². The lowest BCUT2D eigenvalue weighted by Crippen LogP contribution is -2.25. The molecule has 0 saturated carbocycles. The Morgan fingerprint density at radius 2 is 1.81 bits per heavy atom. The van der Waals surface area contributed by atoms with E-state index in [1.54, 1.807) is 31.4 Å². The molecule has 0 aliphatic carbocycles. The monoisotopic (exact) mass is 371 g/mol. The Hall–Kier alpha value is -3.22. The van der Waals surface area contributed by atoms with E-state index < -0.39 is 5.97 Å². The Kier molecular flexibility index (Phi) is 5.49. The Morgan fingerprint density at radius 1 is 1.04 bits per heavy atom. The van der Waals surface area contributed by atoms with Gasteiger partial charge in [-0.15, -0.1) is 0 Å². The summed E-state index contributed by atoms with van der Waals surface area (Å²) in [5, 5.41) is 4.08. The first-order valence-corrected chi connectivity index (χ1v) is 8.41. The molecule has 0 N–H and O–H groups in total. The van der Waals surface area contributed by atoms with E-state index in [9.17, 15) is 4.79 Å². The summed E-state index contributed by atoms with van der Waals surface area (Å²) < 4.78 is 21.4. The Morgan fingerprint density at radius 3 is 2.52 bits per heavy atom. The number of ether oxygens (including phenoxy) is 4. The van der Waals surface area contributed by atoms with Crippen molar-refractivity contribution < 1.29 is 28.6 Å². The number of hydrogen-bond acceptors (Lipinski definition) is 7. The minimum atomic E-state index is -0.586. The van der Waals surface area contributed by atoms with Gasteiger partial charge < -0.3 is 23.8 Å². The van der Waals surface area contributed by atoms with Crippen LogP contribution in [0.5, 0.6) is 23.0 Å². The zero-order chi connectivity index (χ0) is 19.4. The lowest BCUT2D eigenvalue weighted by Gasteiger charge is -2.24. The van der Waals surface area contributed by atoms with Crippen molar-refractivity contribution in [1.82, 2.24) is 0 Å². The van der Waals surface area contributed by atoms with Gasteiger partial charge in [0.1, 0.15) is 17.6 Å². The van der Waals surface area contributed by atoms with Crippen LogP contribution in [0.2, 0.25) is 0 Å². The van der Waals surface area contributed by atoms with Crippen molar-refractivity contribution in [3.8, 4) is 23.0 Å². The number of rotatable bonds is 5. The van der Waals surface area contributed by atoms with Gasteiger partial charge in [0.05, 0.1) is 32.6 Å². The van der Waals surface area contributed by atoms with Gasteiger partial charge >= 0.3 is 5.97 Å². The molecule has 7 nitrogen and oxygen atoms in total. The summed E-state index contributed by atoms with van der Waals surface area (Å²) in [4.78, 5) is 17.5. The number of methoxy groups -OCH3 is 3. The van der Waals surface area contributed by atoms with Crippen molar-refractivity contribution in [2.45, 2.75) is 19.4 Å². The molecule has 1 aliphatic heterocycles. The zero-order valence-corrected chi connectivity index (χ0v) is 15.6. The highest BCUT2D eigenvalue weighted by Crippen LogP contribution is 2.32. The van der Waals surface area contributed by atoms with Crippen LogP contribution in [0.4, 0.5) is 0 Å². The van der Waals surface area contributed by atoms with Crippen LogP contribution in [0, 0.1) is 0 Å². The number of nitrogens with zero attached hydrogens (tertiary/aromatic N) is 1. The van der Waals surface area contributed by atoms with Gasteiger partial charge in [0.15, 0.2) is 11.5 Å². The average Bonchev–Trinajstić information content (AvgIpc) is 2.70. The highest BCUT2D eigenvalue weighted by Gasteiger charge is 2.24. The third-order valence-electron chi connectivity index (χ3n) is 4.17. The van der Waals surface area contributed by atoms with Gasteiger partial charge in [-0.3, -0.25) is 0 Å². The van der Waals surface area contributed by atoms with E-state index in [1.807, 2.05) is 19.1 Å². The maximum Gasteiger partial charge on any atom is 0.365 e. The first-order chi connectivity index (χ1) is 13.0. The maximum atomic E-state index is 12.4. The standard InChI is InChI=1S/C20H21NO6/c1-12-9-16(15-7-6-14(23-2)11-18(15)26-12)21-27-20(22)13-5-8-17(24-3)19(10-13)25-4/h5-8,10-12H,9H2,1-4H3. The summed E-state index contributed by atoms with van der Waals surface area (Å²) in [7, 11) is 4.62. The first-order valence-electron chi connectivity index (χ1n) is 8.41. The van der Waals surface area contributed by atoms with Crippen molar-refractivity contribution in [3.05, 3.63) is 47.5 Å². The number of oxime groups is 1. The quantitative estimate of drug-likeness (QED) is 0.592. The smallest absolute Gasteiger partial charge is 0.365 e. The number of hydrogen-bond donors (Lipinski definition) is 0. The van der Waals surface area contributed by atoms with Crippen LogP contribution >= 0.6 is 0 Å². The van der Waals surface area contributed by atoms with Crippen molar-refractivity contribution in [2.24, 2.45) is 5.16 Å². The average molecular weight is 371 g/mol. The SMILES string of the molecule is COc1ccc2c(c1)OC(C)CC2=NOC(=O)c1ccc(OC)c(OC)c1. The molecule has 7 heteroatoms. The fourth-order valence-electron chi connectivity index (χ4n) is 2.81. The molecule has 3 rings (SSSR count). The van der Waals surface area contributed by atoms with Gasteiger partial charge in [-0.25, -0.2) is 4.79 Å². The van der Waals surface area contributed by atoms with E-state index in [2.05, 4.69) is 5.16 Å². The topological polar surface area (TPSA) is 75.6 Å². The fourth-order valence-corrected chi connectivity index (χ4v) is 2.81. The molecule has 0 bridgehead atoms. The first kappa shape index (κ1) is 18.6. The second-order valence-electron chi connectivity index (χ2n) is 5.98. The lowest BCUT2D eigenvalue weighted by atomic mass is 10.0. The summed E-state index contributed by atoms with van der Waals surface area (Å²) in [5.74, 6) is 1.72. The molecule has 0 fully saturated rings. The van der Waals surface area contributed by atoms with Gasteiger partial charge in [-0.1, -0.05) is 5.16 Å². The van der Waals surface area contributed by atoms with Crippen LogP contribution < -0.4 is 18.9 Å². The molecule has 0 saturated heterocycles.